The van der Waals surface area contributed by atoms with Crippen molar-refractivity contribution in [2.45, 2.75) is 26.2 Å². The molecule has 0 unspecified atom stereocenters. The van der Waals surface area contributed by atoms with Crippen LogP contribution in [0.3, 0.4) is 0 Å². The van der Waals surface area contributed by atoms with Crippen LogP contribution in [0.5, 0.6) is 0 Å². The zero-order chi connectivity index (χ0) is 12.6. The zero-order valence-electron chi connectivity index (χ0n) is 9.79. The van der Waals surface area contributed by atoms with Crippen LogP contribution in [0.4, 0.5) is 0 Å². The second kappa shape index (κ2) is 4.42. The second-order valence-corrected chi connectivity index (χ2v) is 5.92. The molecule has 0 atom stereocenters. The summed E-state index contributed by atoms with van der Waals surface area (Å²) in [5, 5.41) is 0.424. The van der Waals surface area contributed by atoms with Crippen molar-refractivity contribution in [3.8, 4) is 11.6 Å². The molecule has 0 saturated heterocycles. The molecule has 0 aromatic carbocycles. The number of hydrogen-bond acceptors (Lipinski definition) is 3. The summed E-state index contributed by atoms with van der Waals surface area (Å²) in [6.07, 6.45) is 0. The van der Waals surface area contributed by atoms with E-state index in [4.69, 9.17) is 16.0 Å². The number of furan rings is 1. The standard InChI is InChI=1S/C12H12BrClN2O/c1-12(2,3)8-6-10(14)16-11(15-8)7-4-5-9(13)17-7/h4-6H,1-3H3. The molecule has 3 nitrogen and oxygen atoms in total. The molecule has 0 amide bonds. The van der Waals surface area contributed by atoms with Gasteiger partial charge >= 0.3 is 0 Å². The monoisotopic (exact) mass is 314 g/mol. The summed E-state index contributed by atoms with van der Waals surface area (Å²) < 4.78 is 6.07. The van der Waals surface area contributed by atoms with E-state index in [0.29, 0.717) is 21.4 Å². The first kappa shape index (κ1) is 12.6. The Hall–Kier alpha value is -0.870. The highest BCUT2D eigenvalue weighted by molar-refractivity contribution is 9.10. The van der Waals surface area contributed by atoms with Crippen LogP contribution < -0.4 is 0 Å². The maximum Gasteiger partial charge on any atom is 0.197 e. The minimum Gasteiger partial charge on any atom is -0.446 e. The average Bonchev–Trinajstić information content (AvgIpc) is 2.62. The fourth-order valence-corrected chi connectivity index (χ4v) is 1.84. The van der Waals surface area contributed by atoms with Crippen LogP contribution >= 0.6 is 27.5 Å². The van der Waals surface area contributed by atoms with E-state index in [2.05, 4.69) is 46.7 Å². The van der Waals surface area contributed by atoms with Crippen LogP contribution in [0, 0.1) is 0 Å². The minimum atomic E-state index is -0.0782. The Morgan fingerprint density at radius 3 is 2.47 bits per heavy atom. The predicted molar refractivity (Wildman–Crippen MR) is 71.1 cm³/mol. The molecule has 0 spiro atoms. The molecule has 0 N–H and O–H groups in total. The molecule has 0 saturated carbocycles. The molecule has 5 heteroatoms. The van der Waals surface area contributed by atoms with E-state index in [-0.39, 0.29) is 5.41 Å². The van der Waals surface area contributed by atoms with Crippen LogP contribution in [-0.4, -0.2) is 9.97 Å². The quantitative estimate of drug-likeness (QED) is 0.730. The van der Waals surface area contributed by atoms with E-state index in [0.717, 1.165) is 5.69 Å². The lowest BCUT2D eigenvalue weighted by Crippen LogP contribution is -2.14. The van der Waals surface area contributed by atoms with Crippen molar-refractivity contribution >= 4 is 27.5 Å². The van der Waals surface area contributed by atoms with Gasteiger partial charge in [-0.05, 0) is 34.1 Å². The van der Waals surface area contributed by atoms with E-state index in [1.165, 1.54) is 0 Å². The Labute approximate surface area is 113 Å². The Bertz CT molecular complexity index is 546. The molecule has 0 fully saturated rings. The van der Waals surface area contributed by atoms with E-state index in [9.17, 15) is 0 Å². The van der Waals surface area contributed by atoms with Crippen molar-refractivity contribution in [2.75, 3.05) is 0 Å². The third kappa shape index (κ3) is 2.87. The Morgan fingerprint density at radius 1 is 1.24 bits per heavy atom. The van der Waals surface area contributed by atoms with Gasteiger partial charge in [-0.15, -0.1) is 0 Å². The van der Waals surface area contributed by atoms with E-state index >= 15 is 0 Å². The first-order valence-corrected chi connectivity index (χ1v) is 6.34. The largest absolute Gasteiger partial charge is 0.446 e. The number of rotatable bonds is 1. The highest BCUT2D eigenvalue weighted by atomic mass is 79.9. The summed E-state index contributed by atoms with van der Waals surface area (Å²) in [6.45, 7) is 6.23. The third-order valence-corrected chi connectivity index (χ3v) is 2.88. The molecule has 0 aliphatic rings. The van der Waals surface area contributed by atoms with Gasteiger partial charge in [0.15, 0.2) is 16.3 Å². The Morgan fingerprint density at radius 2 is 1.94 bits per heavy atom. The molecular formula is C12H12BrClN2O. The molecule has 0 aliphatic carbocycles. The number of hydrogen-bond donors (Lipinski definition) is 0. The molecule has 0 bridgehead atoms. The first-order chi connectivity index (χ1) is 7.86. The third-order valence-electron chi connectivity index (χ3n) is 2.26. The highest BCUT2D eigenvalue weighted by Crippen LogP contribution is 2.27. The van der Waals surface area contributed by atoms with Gasteiger partial charge in [0.25, 0.3) is 0 Å². The van der Waals surface area contributed by atoms with Crippen LogP contribution in [0.15, 0.2) is 27.3 Å². The van der Waals surface area contributed by atoms with Gasteiger partial charge in [-0.1, -0.05) is 32.4 Å². The molecule has 2 aromatic rings. The maximum atomic E-state index is 6.01. The average molecular weight is 316 g/mol. The van der Waals surface area contributed by atoms with Crippen molar-refractivity contribution in [3.63, 3.8) is 0 Å². The van der Waals surface area contributed by atoms with Gasteiger partial charge in [0, 0.05) is 5.41 Å². The first-order valence-electron chi connectivity index (χ1n) is 5.17. The summed E-state index contributed by atoms with van der Waals surface area (Å²) in [7, 11) is 0. The number of halogens is 2. The minimum absolute atomic E-state index is 0.0782. The van der Waals surface area contributed by atoms with Gasteiger partial charge in [-0.2, -0.15) is 0 Å². The number of aromatic nitrogens is 2. The lowest BCUT2D eigenvalue weighted by molar-refractivity contribution is 0.543. The van der Waals surface area contributed by atoms with Gasteiger partial charge in [0.2, 0.25) is 0 Å². The van der Waals surface area contributed by atoms with Crippen molar-refractivity contribution in [3.05, 3.63) is 33.7 Å². The summed E-state index contributed by atoms with van der Waals surface area (Å²) >= 11 is 9.26. The summed E-state index contributed by atoms with van der Waals surface area (Å²) in [5.74, 6) is 1.11. The lowest BCUT2D eigenvalue weighted by atomic mass is 9.92. The second-order valence-electron chi connectivity index (χ2n) is 4.75. The normalized spacial score (nSPS) is 11.8. The Balaban J connectivity index is 2.52. The summed E-state index contributed by atoms with van der Waals surface area (Å²) in [5.41, 5.74) is 0.811. The Kier molecular flexibility index (Phi) is 3.27. The predicted octanol–water partition coefficient (Wildman–Crippen LogP) is 4.45. The SMILES string of the molecule is CC(C)(C)c1cc(Cl)nc(-c2ccc(Br)o2)n1. The van der Waals surface area contributed by atoms with Gasteiger partial charge < -0.3 is 4.42 Å². The summed E-state index contributed by atoms with van der Waals surface area (Å²) in [4.78, 5) is 8.65. The van der Waals surface area contributed by atoms with Crippen LogP contribution in [0.2, 0.25) is 5.15 Å². The molecule has 2 heterocycles. The molecular weight excluding hydrogens is 304 g/mol. The summed E-state index contributed by atoms with van der Waals surface area (Å²) in [6, 6.07) is 5.39. The zero-order valence-corrected chi connectivity index (χ0v) is 12.1. The smallest absolute Gasteiger partial charge is 0.197 e. The van der Waals surface area contributed by atoms with Gasteiger partial charge in [0.1, 0.15) is 5.15 Å². The fraction of sp³-hybridized carbons (Fsp3) is 0.333. The van der Waals surface area contributed by atoms with E-state index in [1.807, 2.05) is 6.07 Å². The van der Waals surface area contributed by atoms with Crippen molar-refractivity contribution in [2.24, 2.45) is 0 Å². The molecule has 2 aromatic heterocycles. The number of nitrogens with zero attached hydrogens (tertiary/aromatic N) is 2. The van der Waals surface area contributed by atoms with Crippen LogP contribution in [0.25, 0.3) is 11.6 Å². The van der Waals surface area contributed by atoms with Gasteiger partial charge in [-0.25, -0.2) is 9.97 Å². The van der Waals surface area contributed by atoms with E-state index < -0.39 is 0 Å². The van der Waals surface area contributed by atoms with E-state index in [1.54, 1.807) is 12.1 Å². The van der Waals surface area contributed by atoms with Gasteiger partial charge in [-0.3, -0.25) is 0 Å². The van der Waals surface area contributed by atoms with Crippen LogP contribution in [-0.2, 0) is 5.41 Å². The topological polar surface area (TPSA) is 38.9 Å². The van der Waals surface area contributed by atoms with Crippen molar-refractivity contribution in [1.29, 1.82) is 0 Å². The van der Waals surface area contributed by atoms with Crippen molar-refractivity contribution in [1.82, 2.24) is 9.97 Å². The molecule has 90 valence electrons. The van der Waals surface area contributed by atoms with Gasteiger partial charge in [0.05, 0.1) is 5.69 Å². The highest BCUT2D eigenvalue weighted by Gasteiger charge is 2.19. The molecule has 17 heavy (non-hydrogen) atoms. The van der Waals surface area contributed by atoms with Crippen LogP contribution in [0.1, 0.15) is 26.5 Å². The molecule has 0 aliphatic heterocycles. The maximum absolute atomic E-state index is 6.01. The molecule has 0 radical (unpaired) electrons. The fourth-order valence-electron chi connectivity index (χ4n) is 1.35. The van der Waals surface area contributed by atoms with Crippen molar-refractivity contribution < 1.29 is 4.42 Å². The lowest BCUT2D eigenvalue weighted by Gasteiger charge is -2.17. The molecule has 2 rings (SSSR count).